The topological polar surface area (TPSA) is 413 Å². The number of aromatic hydroxyl groups is 4. The Kier molecular flexibility index (Phi) is 13.0. The van der Waals surface area contributed by atoms with E-state index in [1.54, 1.807) is 0 Å². The molecule has 0 saturated carbocycles. The van der Waals surface area contributed by atoms with Crippen LogP contribution in [0.3, 0.4) is 0 Å². The first-order valence-corrected chi connectivity index (χ1v) is 15.2. The number of aliphatic hydroxyl groups is 6. The van der Waals surface area contributed by atoms with Crippen LogP contribution in [-0.4, -0.2) is 135 Å². The first kappa shape index (κ1) is 43.8. The molecule has 7 atom stereocenters. The maximum absolute atomic E-state index is 13.3. The van der Waals surface area contributed by atoms with Crippen LogP contribution in [0.25, 0.3) is 0 Å². The van der Waals surface area contributed by atoms with Crippen molar-refractivity contribution in [2.45, 2.75) is 42.9 Å². The van der Waals surface area contributed by atoms with Crippen LogP contribution in [0.1, 0.15) is 28.4 Å². The van der Waals surface area contributed by atoms with Gasteiger partial charge in [-0.25, -0.2) is 5.43 Å². The number of fused-ring (bicyclic) bond motifs is 3. The predicted octanol–water partition coefficient (Wildman–Crippen LogP) is -4.65. The van der Waals surface area contributed by atoms with E-state index in [1.165, 1.54) is 56.3 Å². The van der Waals surface area contributed by atoms with Gasteiger partial charge in [-0.05, 0) is 38.7 Å². The Morgan fingerprint density at radius 2 is 1.57 bits per heavy atom. The highest BCUT2D eigenvalue weighted by Gasteiger charge is 2.69. The number of nitrogens with one attached hydrogen (secondary N) is 2. The lowest BCUT2D eigenvalue weighted by atomic mass is 9.54. The molecule has 0 spiro atoms. The summed E-state index contributed by atoms with van der Waals surface area (Å²) in [5.41, 5.74) is 8.31. The van der Waals surface area contributed by atoms with Crippen molar-refractivity contribution < 1.29 is 81.2 Å². The first-order valence-electron chi connectivity index (χ1n) is 15.2. The summed E-state index contributed by atoms with van der Waals surface area (Å²) >= 11 is 0. The molecular formula is C32H43N5O16. The van der Waals surface area contributed by atoms with Gasteiger partial charge < -0.3 is 73.5 Å². The molecule has 2 aromatic carbocycles. The average Bonchev–Trinajstić information content (AvgIpc) is 3.06. The van der Waals surface area contributed by atoms with E-state index in [-0.39, 0.29) is 34.2 Å². The van der Waals surface area contributed by atoms with Crippen LogP contribution < -0.4 is 22.3 Å². The van der Waals surface area contributed by atoms with Gasteiger partial charge in [0.1, 0.15) is 28.9 Å². The van der Waals surface area contributed by atoms with Crippen LogP contribution in [0.5, 0.6) is 23.0 Å². The molecule has 0 saturated heterocycles. The Bertz CT molecular complexity index is 1860. The minimum atomic E-state index is -3.02. The zero-order chi connectivity index (χ0) is 38.5. The Morgan fingerprint density at radius 1 is 0.962 bits per heavy atom. The monoisotopic (exact) mass is 753 g/mol. The van der Waals surface area contributed by atoms with Crippen molar-refractivity contribution in [2.75, 3.05) is 20.7 Å². The summed E-state index contributed by atoms with van der Waals surface area (Å²) in [6.45, 7) is 0.769. The molecule has 21 nitrogen and oxygen atoms in total. The van der Waals surface area contributed by atoms with Gasteiger partial charge in [0.2, 0.25) is 11.5 Å². The molecule has 1 unspecified atom stereocenters. The predicted molar refractivity (Wildman–Crippen MR) is 180 cm³/mol. The number of carbonyl (C=O) groups is 4. The number of nitrogens with zero attached hydrogens (tertiary/aromatic N) is 1. The number of phenols is 4. The van der Waals surface area contributed by atoms with Crippen molar-refractivity contribution in [2.24, 2.45) is 23.3 Å². The maximum Gasteiger partial charge on any atom is 0.255 e. The van der Waals surface area contributed by atoms with Crippen molar-refractivity contribution >= 4 is 23.4 Å². The molecule has 0 fully saturated rings. The molecule has 53 heavy (non-hydrogen) atoms. The second-order valence-electron chi connectivity index (χ2n) is 12.6. The molecule has 2 amide bonds. The molecule has 0 radical (unpaired) electrons. The van der Waals surface area contributed by atoms with Gasteiger partial charge in [0.25, 0.3) is 11.8 Å². The Hall–Kier alpha value is -5.36. The Labute approximate surface area is 299 Å². The number of hydrogen-bond acceptors (Lipinski definition) is 17. The summed E-state index contributed by atoms with van der Waals surface area (Å²) < 4.78 is 0. The summed E-state index contributed by atoms with van der Waals surface area (Å²) in [4.78, 5) is 51.0. The van der Waals surface area contributed by atoms with E-state index in [4.69, 9.17) is 21.7 Å². The third kappa shape index (κ3) is 6.95. The number of primary amides is 1. The summed E-state index contributed by atoms with van der Waals surface area (Å²) in [5.74, 6) is -11.8. The van der Waals surface area contributed by atoms with Gasteiger partial charge in [0.15, 0.2) is 22.9 Å². The van der Waals surface area contributed by atoms with Gasteiger partial charge in [0, 0.05) is 12.1 Å². The lowest BCUT2D eigenvalue weighted by molar-refractivity contribution is -0.173. The molecule has 5 rings (SSSR count). The number of benzene rings is 2. The van der Waals surface area contributed by atoms with Crippen LogP contribution in [0, 0.1) is 11.8 Å². The van der Waals surface area contributed by atoms with Crippen LogP contribution >= 0.6 is 0 Å². The third-order valence-electron chi connectivity index (χ3n) is 9.27. The number of nitrogens with two attached hydrogens (primary N) is 2. The summed E-state index contributed by atoms with van der Waals surface area (Å²) in [5, 5.41) is 103. The smallest absolute Gasteiger partial charge is 0.255 e. The molecule has 2 aromatic rings. The third-order valence-corrected chi connectivity index (χ3v) is 9.27. The van der Waals surface area contributed by atoms with Crippen LogP contribution in [-0.2, 0) is 26.5 Å². The highest BCUT2D eigenvalue weighted by Crippen LogP contribution is 2.56. The molecule has 0 aromatic heterocycles. The number of carbonyl (C=O) groups excluding carboxylic acids is 4. The molecule has 292 valence electrons. The fourth-order valence-electron chi connectivity index (χ4n) is 6.76. The van der Waals surface area contributed by atoms with E-state index >= 15 is 0 Å². The van der Waals surface area contributed by atoms with E-state index in [0.29, 0.717) is 0 Å². The highest BCUT2D eigenvalue weighted by molar-refractivity contribution is 6.25. The van der Waals surface area contributed by atoms with Gasteiger partial charge in [-0.1, -0.05) is 18.2 Å². The quantitative estimate of drug-likeness (QED) is 0.0718. The van der Waals surface area contributed by atoms with E-state index in [0.717, 1.165) is 0 Å². The van der Waals surface area contributed by atoms with E-state index in [9.17, 15) is 60.0 Å². The van der Waals surface area contributed by atoms with Crippen molar-refractivity contribution in [1.29, 1.82) is 0 Å². The number of rotatable bonds is 7. The van der Waals surface area contributed by atoms with Crippen molar-refractivity contribution in [1.82, 2.24) is 15.8 Å². The van der Waals surface area contributed by atoms with Gasteiger partial charge in [-0.3, -0.25) is 29.5 Å². The molecule has 21 heteroatoms. The fraction of sp³-hybridized carbons (Fsp3) is 0.375. The molecular weight excluding hydrogens is 710 g/mol. The lowest BCUT2D eigenvalue weighted by Gasteiger charge is -2.55. The normalized spacial score (nSPS) is 26.5. The molecule has 3 aliphatic carbocycles. The SMILES string of the molecule is CN(C)[C@@H]1C(O)=C(C(N)=O)C(=O)[C@@]2(O)C(O)=C3C(=O)c4c(O)cccc4[C@@](C)(O)[C@H]3[C@H](O)[C@@H]12.NC(CO)C(=O)NNCc1ccc(O)c(O)c1O.O.O. The van der Waals surface area contributed by atoms with Gasteiger partial charge in [0.05, 0.1) is 47.3 Å². The van der Waals surface area contributed by atoms with E-state index < -0.39 is 117 Å². The molecule has 0 aliphatic heterocycles. The van der Waals surface area contributed by atoms with Crippen molar-refractivity contribution in [3.63, 3.8) is 0 Å². The van der Waals surface area contributed by atoms with Crippen LogP contribution in [0.2, 0.25) is 0 Å². The molecule has 0 bridgehead atoms. The number of hydrogen-bond donors (Lipinski definition) is 14. The van der Waals surface area contributed by atoms with E-state index in [2.05, 4.69) is 10.9 Å². The van der Waals surface area contributed by atoms with Crippen LogP contribution in [0.15, 0.2) is 53.0 Å². The highest BCUT2D eigenvalue weighted by atomic mass is 16.4. The van der Waals surface area contributed by atoms with Gasteiger partial charge in [-0.15, -0.1) is 0 Å². The number of hydrazine groups is 1. The van der Waals surface area contributed by atoms with Gasteiger partial charge in [-0.2, -0.15) is 0 Å². The second-order valence-corrected chi connectivity index (χ2v) is 12.6. The fourth-order valence-corrected chi connectivity index (χ4v) is 6.76. The molecule has 0 heterocycles. The van der Waals surface area contributed by atoms with Crippen molar-refractivity contribution in [3.05, 3.63) is 69.7 Å². The largest absolute Gasteiger partial charge is 0.510 e. The number of amides is 2. The zero-order valence-corrected chi connectivity index (χ0v) is 28.4. The summed E-state index contributed by atoms with van der Waals surface area (Å²) in [7, 11) is 2.85. The van der Waals surface area contributed by atoms with E-state index in [1.807, 2.05) is 0 Å². The Balaban J connectivity index is 0.000000417. The van der Waals surface area contributed by atoms with Gasteiger partial charge >= 0.3 is 0 Å². The Morgan fingerprint density at radius 3 is 2.11 bits per heavy atom. The number of phenolic OH excluding ortho intramolecular Hbond substituents is 4. The minimum Gasteiger partial charge on any atom is -0.510 e. The van der Waals surface area contributed by atoms with Crippen molar-refractivity contribution in [3.8, 4) is 23.0 Å². The standard InChI is InChI=1S/C22H24N2O9.C10H15N3O5.2H2O/c1-21(32)7-5-4-6-8(25)9(7)15(26)10-12(21)17(28)13-14(24(2)3)16(27)11(20(23)31)19(30)22(13,33)18(10)29;11-6(4-14)10(18)13-12-3-5-1-2-7(15)9(17)8(5)16;;/h4-6,12-14,17,25,27-29,32-33H,1-3H3,(H2,23,31);1-2,6,12,14-17H,3-4,11H2,(H,13,18);2*1H2/t12-,13-,14+,17+,21-,22+;;;/m1.../s1. The zero-order valence-electron chi connectivity index (χ0n) is 28.4. The average molecular weight is 754 g/mol. The number of likely N-dealkylation sites (N-methyl/N-ethyl adjacent to an activating group) is 1. The molecule has 20 N–H and O–H groups in total. The molecule has 3 aliphatic rings. The number of ketones is 2. The summed E-state index contributed by atoms with van der Waals surface area (Å²) in [6.07, 6.45) is -1.87. The lowest BCUT2D eigenvalue weighted by Crippen LogP contribution is -2.70. The number of aliphatic hydroxyl groups excluding tert-OH is 4. The first-order chi connectivity index (χ1) is 23.7. The van der Waals surface area contributed by atoms with Crippen LogP contribution in [0.4, 0.5) is 0 Å². The summed E-state index contributed by atoms with van der Waals surface area (Å²) in [6, 6.07) is 4.07. The number of Topliss-reactive ketones (excluding diaryl/α,β-unsaturated/α-hetero) is 2. The minimum absolute atomic E-state index is 0. The second kappa shape index (κ2) is 15.7. The maximum atomic E-state index is 13.3.